The van der Waals surface area contributed by atoms with E-state index < -0.39 is 17.6 Å². The van der Waals surface area contributed by atoms with E-state index in [2.05, 4.69) is 20.6 Å². The van der Waals surface area contributed by atoms with Crippen molar-refractivity contribution >= 4 is 52.4 Å². The van der Waals surface area contributed by atoms with Gasteiger partial charge >= 0.3 is 6.18 Å². The molecule has 1 saturated heterocycles. The smallest absolute Gasteiger partial charge is 0.399 e. The molecule has 2 heterocycles. The monoisotopic (exact) mass is 484 g/mol. The number of amides is 1. The van der Waals surface area contributed by atoms with Gasteiger partial charge in [-0.25, -0.2) is 9.37 Å². The highest BCUT2D eigenvalue weighted by atomic mass is 35.5. The van der Waals surface area contributed by atoms with Gasteiger partial charge in [0.25, 0.3) is 0 Å². The molecular formula is C21H21ClF4N6O. The van der Waals surface area contributed by atoms with E-state index in [4.69, 9.17) is 5.73 Å². The van der Waals surface area contributed by atoms with Crippen molar-refractivity contribution in [3.8, 4) is 0 Å². The number of carbonyl (C=O) groups excluding carboxylic acids is 1. The molecule has 1 fully saturated rings. The number of carbonyl (C=O) groups is 1. The molecular weight excluding hydrogens is 464 g/mol. The van der Waals surface area contributed by atoms with Crippen LogP contribution < -0.4 is 21.3 Å². The number of hydrogen-bond donors (Lipinski definition) is 3. The Morgan fingerprint density at radius 3 is 2.64 bits per heavy atom. The average molecular weight is 485 g/mol. The van der Waals surface area contributed by atoms with Gasteiger partial charge in [0.05, 0.1) is 11.1 Å². The summed E-state index contributed by atoms with van der Waals surface area (Å²) in [7, 11) is 0. The van der Waals surface area contributed by atoms with Gasteiger partial charge in [0.15, 0.2) is 0 Å². The molecule has 2 aromatic carbocycles. The van der Waals surface area contributed by atoms with Crippen LogP contribution in [0.4, 0.5) is 40.7 Å². The Morgan fingerprint density at radius 1 is 1.18 bits per heavy atom. The molecule has 0 spiro atoms. The molecule has 7 nitrogen and oxygen atoms in total. The lowest BCUT2D eigenvalue weighted by Gasteiger charge is -2.21. The van der Waals surface area contributed by atoms with E-state index in [-0.39, 0.29) is 41.7 Å². The average Bonchev–Trinajstić information content (AvgIpc) is 3.13. The van der Waals surface area contributed by atoms with Gasteiger partial charge < -0.3 is 21.3 Å². The number of halogens is 5. The van der Waals surface area contributed by atoms with Crippen LogP contribution in [-0.4, -0.2) is 35.0 Å². The highest BCUT2D eigenvalue weighted by Gasteiger charge is 2.31. The van der Waals surface area contributed by atoms with Crippen LogP contribution in [0.5, 0.6) is 0 Å². The van der Waals surface area contributed by atoms with Crippen LogP contribution in [0.15, 0.2) is 36.4 Å². The number of aromatic nitrogens is 2. The van der Waals surface area contributed by atoms with Gasteiger partial charge in [0, 0.05) is 48.9 Å². The van der Waals surface area contributed by atoms with Crippen molar-refractivity contribution in [1.82, 2.24) is 15.3 Å². The van der Waals surface area contributed by atoms with Gasteiger partial charge in [-0.3, -0.25) is 4.79 Å². The van der Waals surface area contributed by atoms with Crippen molar-refractivity contribution in [1.29, 1.82) is 0 Å². The summed E-state index contributed by atoms with van der Waals surface area (Å²) in [6.45, 7) is 2.51. The SMILES string of the molecule is CC(=O)N[C@H]1CCN(c2nc(Nc3cc(N)cc(C(F)(F)F)c3)nc3cc(F)ccc23)C1.Cl. The van der Waals surface area contributed by atoms with E-state index in [9.17, 15) is 22.4 Å². The number of fused-ring (bicyclic) bond motifs is 1. The molecule has 0 radical (unpaired) electrons. The largest absolute Gasteiger partial charge is 0.416 e. The summed E-state index contributed by atoms with van der Waals surface area (Å²) in [6.07, 6.45) is -3.88. The third-order valence-electron chi connectivity index (χ3n) is 5.07. The van der Waals surface area contributed by atoms with Gasteiger partial charge in [-0.05, 0) is 36.8 Å². The number of hydrogen-bond acceptors (Lipinski definition) is 6. The van der Waals surface area contributed by atoms with E-state index in [1.807, 2.05) is 4.90 Å². The molecule has 1 atom stereocenters. The second kappa shape index (κ2) is 9.26. The van der Waals surface area contributed by atoms with Crippen LogP contribution >= 0.6 is 12.4 Å². The second-order valence-corrected chi connectivity index (χ2v) is 7.63. The Kier molecular flexibility index (Phi) is 6.82. The fourth-order valence-electron chi connectivity index (χ4n) is 3.76. The minimum atomic E-state index is -4.57. The lowest BCUT2D eigenvalue weighted by Crippen LogP contribution is -2.35. The molecule has 0 bridgehead atoms. The van der Waals surface area contributed by atoms with E-state index >= 15 is 0 Å². The molecule has 4 N–H and O–H groups in total. The summed E-state index contributed by atoms with van der Waals surface area (Å²) in [5.41, 5.74) is 4.99. The zero-order valence-corrected chi connectivity index (χ0v) is 18.2. The van der Waals surface area contributed by atoms with Crippen molar-refractivity contribution in [2.45, 2.75) is 25.6 Å². The van der Waals surface area contributed by atoms with Gasteiger partial charge in [-0.1, -0.05) is 0 Å². The molecule has 4 rings (SSSR count). The third kappa shape index (κ3) is 5.54. The standard InChI is InChI=1S/C21H20F4N6O.ClH/c1-11(32)27-15-4-5-31(10-15)19-17-3-2-13(22)8-18(17)29-20(30-19)28-16-7-12(21(23,24)25)6-14(26)9-16;/h2-3,6-9,15H,4-5,10,26H2,1H3,(H,27,32)(H,28,29,30);1H/t15-;/m0./s1. The van der Waals surface area contributed by atoms with Gasteiger partial charge in [-0.2, -0.15) is 18.2 Å². The Balaban J connectivity index is 0.00000306. The minimum absolute atomic E-state index is 0. The first kappa shape index (κ1) is 24.3. The molecule has 0 aliphatic carbocycles. The zero-order valence-electron chi connectivity index (χ0n) is 17.4. The maximum absolute atomic E-state index is 13.9. The molecule has 0 unspecified atom stereocenters. The van der Waals surface area contributed by atoms with Crippen LogP contribution in [-0.2, 0) is 11.0 Å². The van der Waals surface area contributed by atoms with Crippen LogP contribution in [0.25, 0.3) is 10.9 Å². The Hall–Kier alpha value is -3.34. The zero-order chi connectivity index (χ0) is 23.0. The molecule has 1 amide bonds. The first-order valence-corrected chi connectivity index (χ1v) is 9.82. The van der Waals surface area contributed by atoms with Gasteiger partial charge in [0.2, 0.25) is 11.9 Å². The quantitative estimate of drug-likeness (QED) is 0.378. The number of rotatable bonds is 4. The lowest BCUT2D eigenvalue weighted by atomic mass is 10.1. The molecule has 176 valence electrons. The molecule has 1 aliphatic heterocycles. The van der Waals surface area contributed by atoms with Crippen LogP contribution in [0.1, 0.15) is 18.9 Å². The number of nitrogens with zero attached hydrogens (tertiary/aromatic N) is 3. The summed E-state index contributed by atoms with van der Waals surface area (Å²) < 4.78 is 53.3. The highest BCUT2D eigenvalue weighted by Crippen LogP contribution is 2.34. The minimum Gasteiger partial charge on any atom is -0.399 e. The van der Waals surface area contributed by atoms with Crippen LogP contribution in [0.3, 0.4) is 0 Å². The maximum Gasteiger partial charge on any atom is 0.416 e. The number of benzene rings is 2. The van der Waals surface area contributed by atoms with Crippen molar-refractivity contribution in [2.75, 3.05) is 29.0 Å². The Morgan fingerprint density at radius 2 is 1.94 bits per heavy atom. The number of nitrogen functional groups attached to an aromatic ring is 1. The predicted octanol–water partition coefficient (Wildman–Crippen LogP) is 4.25. The molecule has 1 aliphatic rings. The van der Waals surface area contributed by atoms with Crippen LogP contribution in [0, 0.1) is 5.82 Å². The van der Waals surface area contributed by atoms with Crippen molar-refractivity contribution in [3.63, 3.8) is 0 Å². The summed E-state index contributed by atoms with van der Waals surface area (Å²) in [4.78, 5) is 22.1. The highest BCUT2D eigenvalue weighted by molar-refractivity contribution is 5.91. The van der Waals surface area contributed by atoms with E-state index in [0.717, 1.165) is 12.1 Å². The second-order valence-electron chi connectivity index (χ2n) is 7.63. The fourth-order valence-corrected chi connectivity index (χ4v) is 3.76. The molecule has 12 heteroatoms. The first-order valence-electron chi connectivity index (χ1n) is 9.82. The van der Waals surface area contributed by atoms with E-state index in [1.54, 1.807) is 6.07 Å². The lowest BCUT2D eigenvalue weighted by molar-refractivity contribution is -0.137. The normalized spacial score (nSPS) is 15.9. The topological polar surface area (TPSA) is 96.2 Å². The number of alkyl halides is 3. The molecule has 1 aromatic heterocycles. The molecule has 33 heavy (non-hydrogen) atoms. The third-order valence-corrected chi connectivity index (χ3v) is 5.07. The van der Waals surface area contributed by atoms with Crippen molar-refractivity contribution in [3.05, 3.63) is 47.8 Å². The molecule has 0 saturated carbocycles. The first-order chi connectivity index (χ1) is 15.1. The fraction of sp³-hybridized carbons (Fsp3) is 0.286. The summed E-state index contributed by atoms with van der Waals surface area (Å²) in [5, 5.41) is 6.20. The Labute approximate surface area is 192 Å². The summed E-state index contributed by atoms with van der Waals surface area (Å²) in [5.74, 6) is -0.157. The van der Waals surface area contributed by atoms with Crippen molar-refractivity contribution in [2.24, 2.45) is 0 Å². The number of anilines is 4. The predicted molar refractivity (Wildman–Crippen MR) is 120 cm³/mol. The number of nitrogens with two attached hydrogens (primary N) is 1. The Bertz CT molecular complexity index is 1190. The maximum atomic E-state index is 13.9. The van der Waals surface area contributed by atoms with Gasteiger partial charge in [-0.15, -0.1) is 12.4 Å². The number of nitrogens with one attached hydrogen (secondary N) is 2. The van der Waals surface area contributed by atoms with E-state index in [1.165, 1.54) is 25.1 Å². The van der Waals surface area contributed by atoms with Gasteiger partial charge in [0.1, 0.15) is 11.6 Å². The van der Waals surface area contributed by atoms with Crippen LogP contribution in [0.2, 0.25) is 0 Å². The van der Waals surface area contributed by atoms with E-state index in [0.29, 0.717) is 36.2 Å². The summed E-state index contributed by atoms with van der Waals surface area (Å²) >= 11 is 0. The summed E-state index contributed by atoms with van der Waals surface area (Å²) in [6, 6.07) is 7.06. The molecule has 3 aromatic rings. The van der Waals surface area contributed by atoms with Crippen molar-refractivity contribution < 1.29 is 22.4 Å².